The zero-order valence-electron chi connectivity index (χ0n) is 16.4. The number of aliphatic hydroxyl groups excluding tert-OH is 1. The molecule has 0 aliphatic carbocycles. The topological polar surface area (TPSA) is 111 Å². The number of hydrogen-bond donors (Lipinski definition) is 3. The molecular formula is C22H26N2O5. The molecule has 7 heteroatoms. The number of benzene rings is 1. The van der Waals surface area contributed by atoms with Crippen LogP contribution in [0.4, 0.5) is 0 Å². The summed E-state index contributed by atoms with van der Waals surface area (Å²) in [4.78, 5) is 30.5. The molecule has 1 aromatic heterocycles. The predicted octanol–water partition coefficient (Wildman–Crippen LogP) is 2.40. The van der Waals surface area contributed by atoms with Crippen molar-refractivity contribution < 1.29 is 24.9 Å². The van der Waals surface area contributed by atoms with Crippen LogP contribution in [0.5, 0.6) is 5.75 Å². The number of nitrogens with zero attached hydrogens (tertiary/aromatic N) is 2. The van der Waals surface area contributed by atoms with Crippen LogP contribution < -0.4 is 0 Å². The molecule has 1 amide bonds. The van der Waals surface area contributed by atoms with Crippen molar-refractivity contribution in [2.75, 3.05) is 13.1 Å². The first kappa shape index (κ1) is 20.8. The van der Waals surface area contributed by atoms with Gasteiger partial charge in [-0.05, 0) is 44.2 Å². The summed E-state index contributed by atoms with van der Waals surface area (Å²) >= 11 is 0. The standard InChI is InChI=1S/C22H26N2O5/c1-15-12-17(18(25)13-23-15)20(27)24-11-9-19(26)22(14-24,21(28)29)10-5-8-16-6-3-2-4-7-16/h2-4,6-7,12-13,19,25-26H,5,8-11,14H2,1H3,(H,28,29)/t19-,22+/m0/s1. The van der Waals surface area contributed by atoms with E-state index in [4.69, 9.17) is 0 Å². The molecule has 29 heavy (non-hydrogen) atoms. The van der Waals surface area contributed by atoms with Gasteiger partial charge >= 0.3 is 5.97 Å². The molecule has 2 aromatic rings. The molecule has 1 fully saturated rings. The van der Waals surface area contributed by atoms with Gasteiger partial charge in [-0.25, -0.2) is 0 Å². The highest BCUT2D eigenvalue weighted by Gasteiger charge is 2.49. The molecule has 0 bridgehead atoms. The van der Waals surface area contributed by atoms with Crippen LogP contribution in [0.15, 0.2) is 42.6 Å². The van der Waals surface area contributed by atoms with Crippen molar-refractivity contribution in [3.05, 3.63) is 59.4 Å². The molecule has 0 radical (unpaired) electrons. The Morgan fingerprint density at radius 1 is 1.28 bits per heavy atom. The average Bonchev–Trinajstić information content (AvgIpc) is 2.71. The number of aromatic nitrogens is 1. The summed E-state index contributed by atoms with van der Waals surface area (Å²) in [7, 11) is 0. The lowest BCUT2D eigenvalue weighted by Gasteiger charge is -2.43. The van der Waals surface area contributed by atoms with Crippen LogP contribution in [0.25, 0.3) is 0 Å². The normalized spacial score (nSPS) is 21.7. The molecule has 1 saturated heterocycles. The Balaban J connectivity index is 1.78. The van der Waals surface area contributed by atoms with E-state index in [-0.39, 0.29) is 37.2 Å². The highest BCUT2D eigenvalue weighted by Crippen LogP contribution is 2.37. The lowest BCUT2D eigenvalue weighted by atomic mass is 9.73. The molecule has 1 aromatic carbocycles. The third-order valence-corrected chi connectivity index (χ3v) is 5.68. The summed E-state index contributed by atoms with van der Waals surface area (Å²) in [5.74, 6) is -1.80. The van der Waals surface area contributed by atoms with Gasteiger partial charge in [0.15, 0.2) is 0 Å². The quantitative estimate of drug-likeness (QED) is 0.689. The van der Waals surface area contributed by atoms with E-state index in [2.05, 4.69) is 4.98 Å². The van der Waals surface area contributed by atoms with Crippen LogP contribution in [0.3, 0.4) is 0 Å². The lowest BCUT2D eigenvalue weighted by Crippen LogP contribution is -2.57. The number of likely N-dealkylation sites (tertiary alicyclic amines) is 1. The average molecular weight is 398 g/mol. The molecule has 0 spiro atoms. The fourth-order valence-electron chi connectivity index (χ4n) is 3.96. The fraction of sp³-hybridized carbons (Fsp3) is 0.409. The number of rotatable bonds is 6. The van der Waals surface area contributed by atoms with Crippen LogP contribution in [-0.4, -0.2) is 56.3 Å². The molecule has 0 unspecified atom stereocenters. The molecular weight excluding hydrogens is 372 g/mol. The van der Waals surface area contributed by atoms with Crippen LogP contribution in [0.1, 0.15) is 40.9 Å². The number of aromatic hydroxyl groups is 1. The Kier molecular flexibility index (Phi) is 6.17. The molecule has 7 nitrogen and oxygen atoms in total. The van der Waals surface area contributed by atoms with E-state index >= 15 is 0 Å². The van der Waals surface area contributed by atoms with Gasteiger partial charge in [0.2, 0.25) is 0 Å². The number of aliphatic carboxylic acids is 1. The molecule has 1 aliphatic rings. The third kappa shape index (κ3) is 4.40. The molecule has 2 heterocycles. The smallest absolute Gasteiger partial charge is 0.314 e. The number of pyridine rings is 1. The molecule has 3 N–H and O–H groups in total. The minimum atomic E-state index is -1.43. The summed E-state index contributed by atoms with van der Waals surface area (Å²) in [5, 5.41) is 30.6. The van der Waals surface area contributed by atoms with Gasteiger partial charge in [0.1, 0.15) is 11.2 Å². The first-order valence-corrected chi connectivity index (χ1v) is 9.74. The second kappa shape index (κ2) is 8.61. The van der Waals surface area contributed by atoms with E-state index in [0.29, 0.717) is 18.5 Å². The van der Waals surface area contributed by atoms with Gasteiger partial charge in [-0.2, -0.15) is 0 Å². The van der Waals surface area contributed by atoms with E-state index < -0.39 is 23.4 Å². The number of carboxylic acid groups (broad SMARTS) is 1. The van der Waals surface area contributed by atoms with Gasteiger partial charge in [0.25, 0.3) is 5.91 Å². The Bertz CT molecular complexity index is 886. The predicted molar refractivity (Wildman–Crippen MR) is 107 cm³/mol. The van der Waals surface area contributed by atoms with E-state index in [9.17, 15) is 24.9 Å². The van der Waals surface area contributed by atoms with Gasteiger partial charge in [0.05, 0.1) is 17.9 Å². The number of carbonyl (C=O) groups is 2. The number of carboxylic acids is 1. The molecule has 0 saturated carbocycles. The molecule has 1 aliphatic heterocycles. The summed E-state index contributed by atoms with van der Waals surface area (Å²) in [5.41, 5.74) is 0.344. The third-order valence-electron chi connectivity index (χ3n) is 5.68. The van der Waals surface area contributed by atoms with Crippen molar-refractivity contribution in [1.29, 1.82) is 0 Å². The molecule has 3 rings (SSSR count). The number of aryl methyl sites for hydroxylation is 2. The zero-order valence-corrected chi connectivity index (χ0v) is 16.4. The van der Waals surface area contributed by atoms with Gasteiger partial charge in [-0.1, -0.05) is 30.3 Å². The van der Waals surface area contributed by atoms with E-state index in [1.54, 1.807) is 6.92 Å². The Hall–Kier alpha value is -2.93. The summed E-state index contributed by atoms with van der Waals surface area (Å²) in [6.45, 7) is 1.84. The largest absolute Gasteiger partial charge is 0.505 e. The Labute approximate surface area is 169 Å². The van der Waals surface area contributed by atoms with Crippen molar-refractivity contribution in [2.24, 2.45) is 5.41 Å². The minimum absolute atomic E-state index is 0.0949. The van der Waals surface area contributed by atoms with Crippen molar-refractivity contribution in [3.63, 3.8) is 0 Å². The number of aliphatic hydroxyl groups is 1. The number of piperidine rings is 1. The first-order valence-electron chi connectivity index (χ1n) is 9.74. The van der Waals surface area contributed by atoms with E-state index in [0.717, 1.165) is 5.56 Å². The SMILES string of the molecule is Cc1cc(C(=O)N2CC[C@H](O)[C@](CCCc3ccccc3)(C(=O)O)C2)c(O)cn1. The Morgan fingerprint density at radius 3 is 2.69 bits per heavy atom. The maximum absolute atomic E-state index is 12.9. The molecule has 154 valence electrons. The summed E-state index contributed by atoms with van der Waals surface area (Å²) < 4.78 is 0. The van der Waals surface area contributed by atoms with E-state index in [1.165, 1.54) is 17.2 Å². The second-order valence-corrected chi connectivity index (χ2v) is 7.67. The van der Waals surface area contributed by atoms with Crippen molar-refractivity contribution in [3.8, 4) is 5.75 Å². The van der Waals surface area contributed by atoms with Crippen LogP contribution >= 0.6 is 0 Å². The second-order valence-electron chi connectivity index (χ2n) is 7.67. The van der Waals surface area contributed by atoms with Crippen molar-refractivity contribution >= 4 is 11.9 Å². The highest BCUT2D eigenvalue weighted by atomic mass is 16.4. The highest BCUT2D eigenvalue weighted by molar-refractivity contribution is 5.97. The van der Waals surface area contributed by atoms with Crippen molar-refractivity contribution in [1.82, 2.24) is 9.88 Å². The number of amides is 1. The van der Waals surface area contributed by atoms with Gasteiger partial charge in [0, 0.05) is 18.8 Å². The van der Waals surface area contributed by atoms with Gasteiger partial charge in [-0.15, -0.1) is 0 Å². The van der Waals surface area contributed by atoms with Gasteiger partial charge in [-0.3, -0.25) is 14.6 Å². The first-order chi connectivity index (χ1) is 13.8. The zero-order chi connectivity index (χ0) is 21.0. The maximum atomic E-state index is 12.9. The fourth-order valence-corrected chi connectivity index (χ4v) is 3.96. The van der Waals surface area contributed by atoms with Crippen molar-refractivity contribution in [2.45, 2.75) is 38.7 Å². The minimum Gasteiger partial charge on any atom is -0.505 e. The number of hydrogen-bond acceptors (Lipinski definition) is 5. The van der Waals surface area contributed by atoms with Crippen LogP contribution in [0, 0.1) is 12.3 Å². The lowest BCUT2D eigenvalue weighted by molar-refractivity contribution is -0.162. The van der Waals surface area contributed by atoms with Crippen LogP contribution in [-0.2, 0) is 11.2 Å². The van der Waals surface area contributed by atoms with Gasteiger partial charge < -0.3 is 20.2 Å². The van der Waals surface area contributed by atoms with Crippen LogP contribution in [0.2, 0.25) is 0 Å². The monoisotopic (exact) mass is 398 g/mol. The van der Waals surface area contributed by atoms with E-state index in [1.807, 2.05) is 30.3 Å². The molecule has 2 atom stereocenters. The Morgan fingerprint density at radius 2 is 2.00 bits per heavy atom. The summed E-state index contributed by atoms with van der Waals surface area (Å²) in [6, 6.07) is 11.2. The summed E-state index contributed by atoms with van der Waals surface area (Å²) in [6.07, 6.45) is 1.88. The maximum Gasteiger partial charge on any atom is 0.314 e. The number of carbonyl (C=O) groups excluding carboxylic acids is 1.